The van der Waals surface area contributed by atoms with Crippen LogP contribution in [0.3, 0.4) is 0 Å². The number of hydrogen-bond acceptors (Lipinski definition) is 3. The van der Waals surface area contributed by atoms with Crippen molar-refractivity contribution >= 4 is 5.91 Å². The number of ether oxygens (including phenoxy) is 1. The summed E-state index contributed by atoms with van der Waals surface area (Å²) in [7, 11) is 1.57. The van der Waals surface area contributed by atoms with Gasteiger partial charge in [0.15, 0.2) is 11.6 Å². The summed E-state index contributed by atoms with van der Waals surface area (Å²) in [6.07, 6.45) is -0.214. The summed E-state index contributed by atoms with van der Waals surface area (Å²) in [5.41, 5.74) is 1.30. The SMILES string of the molecule is COc1ccc(CC(=O)N2C[C@H](O)C[C@@H]2c2ccc(F)c(F)c2)cc1. The van der Waals surface area contributed by atoms with E-state index in [0.717, 1.165) is 17.7 Å². The zero-order valence-electron chi connectivity index (χ0n) is 13.8. The van der Waals surface area contributed by atoms with Gasteiger partial charge < -0.3 is 14.7 Å². The van der Waals surface area contributed by atoms with E-state index in [1.165, 1.54) is 11.0 Å². The fraction of sp³-hybridized carbons (Fsp3) is 0.316. The maximum Gasteiger partial charge on any atom is 0.227 e. The normalized spacial score (nSPS) is 19.9. The van der Waals surface area contributed by atoms with Gasteiger partial charge in [-0.25, -0.2) is 8.78 Å². The minimum Gasteiger partial charge on any atom is -0.497 e. The molecule has 25 heavy (non-hydrogen) atoms. The molecule has 2 aromatic rings. The molecule has 3 rings (SSSR count). The molecular formula is C19H19F2NO3. The Kier molecular flexibility index (Phi) is 4.99. The zero-order chi connectivity index (χ0) is 18.0. The number of aliphatic hydroxyl groups is 1. The minimum absolute atomic E-state index is 0.164. The molecular weight excluding hydrogens is 328 g/mol. The first-order chi connectivity index (χ1) is 12.0. The van der Waals surface area contributed by atoms with Crippen molar-refractivity contribution in [2.24, 2.45) is 0 Å². The van der Waals surface area contributed by atoms with Gasteiger partial charge in [0.2, 0.25) is 5.91 Å². The van der Waals surface area contributed by atoms with Crippen molar-refractivity contribution in [2.75, 3.05) is 13.7 Å². The Hall–Kier alpha value is -2.47. The molecule has 0 aromatic heterocycles. The molecule has 0 spiro atoms. The highest BCUT2D eigenvalue weighted by Crippen LogP contribution is 2.33. The van der Waals surface area contributed by atoms with Crippen LogP contribution in [0.1, 0.15) is 23.6 Å². The number of halogens is 2. The summed E-state index contributed by atoms with van der Waals surface area (Å²) in [6, 6.07) is 10.3. The fourth-order valence-electron chi connectivity index (χ4n) is 3.14. The third-order valence-corrected chi connectivity index (χ3v) is 4.44. The number of likely N-dealkylation sites (tertiary alicyclic amines) is 1. The van der Waals surface area contributed by atoms with Crippen LogP contribution < -0.4 is 4.74 Å². The summed E-state index contributed by atoms with van der Waals surface area (Å²) < 4.78 is 31.8. The van der Waals surface area contributed by atoms with Gasteiger partial charge >= 0.3 is 0 Å². The molecule has 1 N–H and O–H groups in total. The minimum atomic E-state index is -0.957. The van der Waals surface area contributed by atoms with Crippen molar-refractivity contribution in [2.45, 2.75) is 25.0 Å². The molecule has 1 aliphatic heterocycles. The van der Waals surface area contributed by atoms with Crippen LogP contribution in [-0.4, -0.2) is 35.7 Å². The van der Waals surface area contributed by atoms with Gasteiger partial charge in [-0.05, 0) is 41.8 Å². The molecule has 2 aromatic carbocycles. The Labute approximate surface area is 144 Å². The number of carbonyl (C=O) groups excluding carboxylic acids is 1. The van der Waals surface area contributed by atoms with Gasteiger partial charge in [-0.3, -0.25) is 4.79 Å². The van der Waals surface area contributed by atoms with E-state index in [2.05, 4.69) is 0 Å². The van der Waals surface area contributed by atoms with E-state index in [1.54, 1.807) is 31.4 Å². The van der Waals surface area contributed by atoms with Crippen LogP contribution in [0.5, 0.6) is 5.75 Å². The summed E-state index contributed by atoms with van der Waals surface area (Å²) >= 11 is 0. The van der Waals surface area contributed by atoms with Crippen LogP contribution in [0.2, 0.25) is 0 Å². The molecule has 1 amide bonds. The largest absolute Gasteiger partial charge is 0.497 e. The molecule has 1 aliphatic rings. The van der Waals surface area contributed by atoms with Crippen LogP contribution >= 0.6 is 0 Å². The predicted molar refractivity (Wildman–Crippen MR) is 88.1 cm³/mol. The van der Waals surface area contributed by atoms with E-state index in [9.17, 15) is 18.7 Å². The Morgan fingerprint density at radius 3 is 2.56 bits per heavy atom. The lowest BCUT2D eigenvalue weighted by Crippen LogP contribution is -2.33. The number of carbonyl (C=O) groups is 1. The number of benzene rings is 2. The molecule has 1 heterocycles. The van der Waals surface area contributed by atoms with Gasteiger partial charge in [0.25, 0.3) is 0 Å². The van der Waals surface area contributed by atoms with Crippen molar-refractivity contribution in [3.63, 3.8) is 0 Å². The van der Waals surface area contributed by atoms with Gasteiger partial charge in [-0.1, -0.05) is 18.2 Å². The van der Waals surface area contributed by atoms with Gasteiger partial charge in [0.05, 0.1) is 25.7 Å². The van der Waals surface area contributed by atoms with Gasteiger partial charge in [0, 0.05) is 6.54 Å². The van der Waals surface area contributed by atoms with Crippen molar-refractivity contribution in [3.8, 4) is 5.75 Å². The van der Waals surface area contributed by atoms with Crippen molar-refractivity contribution < 1.29 is 23.4 Å². The van der Waals surface area contributed by atoms with Crippen LogP contribution in [-0.2, 0) is 11.2 Å². The monoisotopic (exact) mass is 347 g/mol. The molecule has 132 valence electrons. The average molecular weight is 347 g/mol. The number of methoxy groups -OCH3 is 1. The molecule has 0 unspecified atom stereocenters. The molecule has 0 radical (unpaired) electrons. The maximum absolute atomic E-state index is 13.5. The van der Waals surface area contributed by atoms with Crippen LogP contribution in [0.25, 0.3) is 0 Å². The Morgan fingerprint density at radius 1 is 1.20 bits per heavy atom. The Balaban J connectivity index is 1.78. The van der Waals surface area contributed by atoms with Crippen LogP contribution in [0, 0.1) is 11.6 Å². The van der Waals surface area contributed by atoms with E-state index in [4.69, 9.17) is 4.74 Å². The average Bonchev–Trinajstić information content (AvgIpc) is 3.00. The lowest BCUT2D eigenvalue weighted by molar-refractivity contribution is -0.131. The number of hydrogen-bond donors (Lipinski definition) is 1. The van der Waals surface area contributed by atoms with Gasteiger partial charge in [-0.2, -0.15) is 0 Å². The molecule has 0 bridgehead atoms. The van der Waals surface area contributed by atoms with Crippen LogP contribution in [0.15, 0.2) is 42.5 Å². The summed E-state index contributed by atoms with van der Waals surface area (Å²) in [6.45, 7) is 0.179. The molecule has 1 fully saturated rings. The highest BCUT2D eigenvalue weighted by Gasteiger charge is 2.35. The smallest absolute Gasteiger partial charge is 0.227 e. The summed E-state index contributed by atoms with van der Waals surface area (Å²) in [5.74, 6) is -1.36. The van der Waals surface area contributed by atoms with Crippen molar-refractivity contribution in [1.29, 1.82) is 0 Å². The second-order valence-corrected chi connectivity index (χ2v) is 6.15. The predicted octanol–water partition coefficient (Wildman–Crippen LogP) is 2.85. The lowest BCUT2D eigenvalue weighted by atomic mass is 10.0. The standard InChI is InChI=1S/C19H19F2NO3/c1-25-15-5-2-12(3-6-15)8-19(24)22-11-14(23)10-18(22)13-4-7-16(20)17(21)9-13/h2-7,9,14,18,23H,8,10-11H2,1H3/t14-,18-/m1/s1. The van der Waals surface area contributed by atoms with E-state index in [1.807, 2.05) is 0 Å². The summed E-state index contributed by atoms with van der Waals surface area (Å²) in [4.78, 5) is 14.2. The molecule has 0 aliphatic carbocycles. The first-order valence-electron chi connectivity index (χ1n) is 8.03. The van der Waals surface area contributed by atoms with E-state index in [0.29, 0.717) is 17.7 Å². The number of β-amino-alcohol motifs (C(OH)–C–C–N with tert-alkyl or cyclic N) is 1. The second kappa shape index (κ2) is 7.19. The second-order valence-electron chi connectivity index (χ2n) is 6.15. The molecule has 1 saturated heterocycles. The number of amides is 1. The third-order valence-electron chi connectivity index (χ3n) is 4.44. The molecule has 0 saturated carbocycles. The lowest BCUT2D eigenvalue weighted by Gasteiger charge is -2.25. The van der Waals surface area contributed by atoms with E-state index < -0.39 is 23.8 Å². The van der Waals surface area contributed by atoms with Crippen LogP contribution in [0.4, 0.5) is 8.78 Å². The number of rotatable bonds is 4. The molecule has 6 heteroatoms. The van der Waals surface area contributed by atoms with Gasteiger partial charge in [-0.15, -0.1) is 0 Å². The highest BCUT2D eigenvalue weighted by atomic mass is 19.2. The Bertz CT molecular complexity index is 764. The summed E-state index contributed by atoms with van der Waals surface area (Å²) in [5, 5.41) is 9.96. The number of nitrogens with zero attached hydrogens (tertiary/aromatic N) is 1. The molecule has 2 atom stereocenters. The topological polar surface area (TPSA) is 49.8 Å². The molecule has 4 nitrogen and oxygen atoms in total. The zero-order valence-corrected chi connectivity index (χ0v) is 13.8. The van der Waals surface area contributed by atoms with E-state index in [-0.39, 0.29) is 18.9 Å². The van der Waals surface area contributed by atoms with E-state index >= 15 is 0 Å². The Morgan fingerprint density at radius 2 is 1.92 bits per heavy atom. The maximum atomic E-state index is 13.5. The van der Waals surface area contributed by atoms with Crippen molar-refractivity contribution in [3.05, 3.63) is 65.2 Å². The van der Waals surface area contributed by atoms with Gasteiger partial charge in [0.1, 0.15) is 5.75 Å². The number of aliphatic hydroxyl groups excluding tert-OH is 1. The highest BCUT2D eigenvalue weighted by molar-refractivity contribution is 5.79. The first-order valence-corrected chi connectivity index (χ1v) is 8.03. The van der Waals surface area contributed by atoms with Crippen molar-refractivity contribution in [1.82, 2.24) is 4.90 Å². The fourth-order valence-corrected chi connectivity index (χ4v) is 3.14. The quantitative estimate of drug-likeness (QED) is 0.925. The first kappa shape index (κ1) is 17.4. The third kappa shape index (κ3) is 3.79.